The number of piperazine rings is 1. The minimum Gasteiger partial charge on any atom is -0.484 e. The number of hydrogen-bond donors (Lipinski definition) is 0. The molecule has 1 aromatic carbocycles. The predicted molar refractivity (Wildman–Crippen MR) is 91.0 cm³/mol. The standard InChI is InChI=1S/C18H23N3O4/c1-13-5-3-4-6-15(13)25-12-17(23)21-9-7-20(8-10-21)14-11-16(22)19(2)18(14)24/h3-6,14H,7-12H2,1-2H3. The molecule has 3 rings (SSSR count). The van der Waals surface area contributed by atoms with Gasteiger partial charge in [0.15, 0.2) is 6.61 Å². The number of likely N-dealkylation sites (N-methyl/N-ethyl adjacent to an activating group) is 1. The molecule has 1 unspecified atom stereocenters. The molecule has 0 bridgehead atoms. The second kappa shape index (κ2) is 7.23. The van der Waals surface area contributed by atoms with Crippen LogP contribution in [0.1, 0.15) is 12.0 Å². The molecule has 2 fully saturated rings. The van der Waals surface area contributed by atoms with Crippen LogP contribution in [0.3, 0.4) is 0 Å². The number of para-hydroxylation sites is 1. The van der Waals surface area contributed by atoms with Gasteiger partial charge in [-0.15, -0.1) is 0 Å². The lowest BCUT2D eigenvalue weighted by molar-refractivity contribution is -0.138. The summed E-state index contributed by atoms with van der Waals surface area (Å²) in [5.74, 6) is 0.370. The highest BCUT2D eigenvalue weighted by Gasteiger charge is 2.40. The molecule has 3 amide bonds. The van der Waals surface area contributed by atoms with Crippen molar-refractivity contribution >= 4 is 17.7 Å². The Kier molecular flexibility index (Phi) is 5.03. The number of rotatable bonds is 4. The van der Waals surface area contributed by atoms with Gasteiger partial charge in [-0.2, -0.15) is 0 Å². The zero-order chi connectivity index (χ0) is 18.0. The Hall–Kier alpha value is -2.41. The lowest BCUT2D eigenvalue weighted by Gasteiger charge is -2.36. The monoisotopic (exact) mass is 345 g/mol. The summed E-state index contributed by atoms with van der Waals surface area (Å²) in [5.41, 5.74) is 0.994. The Bertz CT molecular complexity index is 683. The smallest absolute Gasteiger partial charge is 0.260 e. The van der Waals surface area contributed by atoms with Crippen molar-refractivity contribution in [3.8, 4) is 5.75 Å². The molecule has 2 aliphatic heterocycles. The van der Waals surface area contributed by atoms with Crippen molar-refractivity contribution in [2.24, 2.45) is 0 Å². The van der Waals surface area contributed by atoms with Gasteiger partial charge in [0.25, 0.3) is 5.91 Å². The molecule has 134 valence electrons. The highest BCUT2D eigenvalue weighted by atomic mass is 16.5. The fourth-order valence-electron chi connectivity index (χ4n) is 3.25. The Labute approximate surface area is 147 Å². The first kappa shape index (κ1) is 17.4. The van der Waals surface area contributed by atoms with Gasteiger partial charge in [0, 0.05) is 33.2 Å². The van der Waals surface area contributed by atoms with E-state index in [1.54, 1.807) is 4.90 Å². The van der Waals surface area contributed by atoms with Gasteiger partial charge < -0.3 is 9.64 Å². The largest absolute Gasteiger partial charge is 0.484 e. The van der Waals surface area contributed by atoms with Gasteiger partial charge >= 0.3 is 0 Å². The minimum atomic E-state index is -0.377. The van der Waals surface area contributed by atoms with E-state index in [9.17, 15) is 14.4 Å². The molecule has 2 aliphatic rings. The molecule has 0 N–H and O–H groups in total. The van der Waals surface area contributed by atoms with E-state index in [1.807, 2.05) is 36.1 Å². The minimum absolute atomic E-state index is 0.00837. The second-order valence-electron chi connectivity index (χ2n) is 6.48. The van der Waals surface area contributed by atoms with Crippen molar-refractivity contribution in [2.75, 3.05) is 39.8 Å². The fraction of sp³-hybridized carbons (Fsp3) is 0.500. The van der Waals surface area contributed by atoms with Gasteiger partial charge in [0.2, 0.25) is 11.8 Å². The van der Waals surface area contributed by atoms with Crippen molar-refractivity contribution in [3.05, 3.63) is 29.8 Å². The second-order valence-corrected chi connectivity index (χ2v) is 6.48. The maximum atomic E-state index is 12.3. The van der Waals surface area contributed by atoms with Crippen LogP contribution in [-0.2, 0) is 14.4 Å². The summed E-state index contributed by atoms with van der Waals surface area (Å²) >= 11 is 0. The summed E-state index contributed by atoms with van der Waals surface area (Å²) < 4.78 is 5.61. The molecule has 0 radical (unpaired) electrons. The van der Waals surface area contributed by atoms with E-state index in [2.05, 4.69) is 0 Å². The number of aryl methyl sites for hydroxylation is 1. The number of nitrogens with zero attached hydrogens (tertiary/aromatic N) is 3. The molecule has 2 heterocycles. The van der Waals surface area contributed by atoms with Crippen LogP contribution in [-0.4, -0.2) is 78.3 Å². The molecule has 1 aromatic rings. The maximum absolute atomic E-state index is 12.3. The van der Waals surface area contributed by atoms with Gasteiger partial charge in [-0.3, -0.25) is 24.2 Å². The van der Waals surface area contributed by atoms with Crippen LogP contribution in [0.5, 0.6) is 5.75 Å². The summed E-state index contributed by atoms with van der Waals surface area (Å²) in [5, 5.41) is 0. The van der Waals surface area contributed by atoms with Gasteiger partial charge in [-0.05, 0) is 18.6 Å². The topological polar surface area (TPSA) is 70.2 Å². The Morgan fingerprint density at radius 2 is 1.84 bits per heavy atom. The Balaban J connectivity index is 1.49. The molecule has 7 nitrogen and oxygen atoms in total. The van der Waals surface area contributed by atoms with E-state index in [0.717, 1.165) is 5.56 Å². The molecule has 25 heavy (non-hydrogen) atoms. The number of likely N-dealkylation sites (tertiary alicyclic amines) is 1. The summed E-state index contributed by atoms with van der Waals surface area (Å²) in [7, 11) is 1.52. The number of ether oxygens (including phenoxy) is 1. The third-order valence-corrected chi connectivity index (χ3v) is 4.91. The van der Waals surface area contributed by atoms with Crippen LogP contribution in [0.25, 0.3) is 0 Å². The van der Waals surface area contributed by atoms with E-state index in [-0.39, 0.29) is 36.8 Å². The van der Waals surface area contributed by atoms with Gasteiger partial charge in [0.05, 0.1) is 12.5 Å². The number of carbonyl (C=O) groups is 3. The molecule has 0 aromatic heterocycles. The van der Waals surface area contributed by atoms with Crippen LogP contribution in [0, 0.1) is 6.92 Å². The third kappa shape index (κ3) is 3.66. The van der Waals surface area contributed by atoms with Crippen LogP contribution in [0.15, 0.2) is 24.3 Å². The van der Waals surface area contributed by atoms with Crippen LogP contribution >= 0.6 is 0 Å². The van der Waals surface area contributed by atoms with Crippen molar-refractivity contribution in [1.29, 1.82) is 0 Å². The number of benzene rings is 1. The molecular weight excluding hydrogens is 322 g/mol. The normalized spacial score (nSPS) is 21.8. The van der Waals surface area contributed by atoms with Crippen LogP contribution < -0.4 is 4.74 Å². The Morgan fingerprint density at radius 1 is 1.16 bits per heavy atom. The average Bonchev–Trinajstić information content (AvgIpc) is 2.88. The summed E-state index contributed by atoms with van der Waals surface area (Å²) in [6.45, 7) is 4.21. The van der Waals surface area contributed by atoms with Crippen molar-refractivity contribution in [2.45, 2.75) is 19.4 Å². The van der Waals surface area contributed by atoms with E-state index in [0.29, 0.717) is 31.9 Å². The summed E-state index contributed by atoms with van der Waals surface area (Å²) in [6.07, 6.45) is 0.236. The number of amides is 3. The zero-order valence-corrected chi connectivity index (χ0v) is 14.6. The van der Waals surface area contributed by atoms with E-state index >= 15 is 0 Å². The van der Waals surface area contributed by atoms with E-state index < -0.39 is 0 Å². The van der Waals surface area contributed by atoms with Gasteiger partial charge in [-0.1, -0.05) is 18.2 Å². The van der Waals surface area contributed by atoms with Gasteiger partial charge in [0.1, 0.15) is 5.75 Å². The van der Waals surface area contributed by atoms with Crippen LogP contribution in [0.2, 0.25) is 0 Å². The van der Waals surface area contributed by atoms with Crippen molar-refractivity contribution in [1.82, 2.24) is 14.7 Å². The molecule has 0 saturated carbocycles. The number of imide groups is 1. The highest BCUT2D eigenvalue weighted by molar-refractivity contribution is 6.05. The first-order chi connectivity index (χ1) is 12.0. The molecular formula is C18H23N3O4. The number of hydrogen-bond acceptors (Lipinski definition) is 5. The molecule has 2 saturated heterocycles. The number of carbonyl (C=O) groups excluding carboxylic acids is 3. The molecule has 7 heteroatoms. The maximum Gasteiger partial charge on any atom is 0.260 e. The van der Waals surface area contributed by atoms with Crippen LogP contribution in [0.4, 0.5) is 0 Å². The van der Waals surface area contributed by atoms with E-state index in [1.165, 1.54) is 11.9 Å². The predicted octanol–water partition coefficient (Wildman–Crippen LogP) is 0.275. The average molecular weight is 345 g/mol. The van der Waals surface area contributed by atoms with Gasteiger partial charge in [-0.25, -0.2) is 0 Å². The summed E-state index contributed by atoms with van der Waals surface area (Å²) in [6, 6.07) is 7.21. The van der Waals surface area contributed by atoms with Crippen molar-refractivity contribution < 1.29 is 19.1 Å². The van der Waals surface area contributed by atoms with E-state index in [4.69, 9.17) is 4.74 Å². The first-order valence-corrected chi connectivity index (χ1v) is 8.48. The fourth-order valence-corrected chi connectivity index (χ4v) is 3.25. The lowest BCUT2D eigenvalue weighted by atomic mass is 10.1. The summed E-state index contributed by atoms with van der Waals surface area (Å²) in [4.78, 5) is 41.0. The quantitative estimate of drug-likeness (QED) is 0.733. The lowest BCUT2D eigenvalue weighted by Crippen LogP contribution is -2.54. The first-order valence-electron chi connectivity index (χ1n) is 8.48. The molecule has 0 aliphatic carbocycles. The van der Waals surface area contributed by atoms with Crippen molar-refractivity contribution in [3.63, 3.8) is 0 Å². The zero-order valence-electron chi connectivity index (χ0n) is 14.6. The molecule has 0 spiro atoms. The Morgan fingerprint density at radius 3 is 2.44 bits per heavy atom. The third-order valence-electron chi connectivity index (χ3n) is 4.91. The SMILES string of the molecule is Cc1ccccc1OCC(=O)N1CCN(C2CC(=O)N(C)C2=O)CC1. The molecule has 1 atom stereocenters. The highest BCUT2D eigenvalue weighted by Crippen LogP contribution is 2.19.